The van der Waals surface area contributed by atoms with Crippen LogP contribution in [0.1, 0.15) is 51.1 Å². The molecule has 1 aliphatic carbocycles. The Kier molecular flexibility index (Phi) is 7.35. The molecule has 2 aromatic rings. The van der Waals surface area contributed by atoms with Crippen molar-refractivity contribution in [1.29, 1.82) is 0 Å². The van der Waals surface area contributed by atoms with E-state index < -0.39 is 0 Å². The van der Waals surface area contributed by atoms with Crippen molar-refractivity contribution in [2.24, 2.45) is 17.6 Å². The molecule has 9 heteroatoms. The van der Waals surface area contributed by atoms with E-state index in [1.54, 1.807) is 6.26 Å². The number of nitrogens with one attached hydrogen (secondary N) is 1. The standard InChI is InChI=1S/C20H29N5O3S/c1-13-5-3-7-16(14(13)2)22-19(27)12-29-20-24-23-18(9-8-17(21)26)25(20)11-15-6-4-10-28-15/h4,6,10,13-14,16H,3,5,7-9,11-12H2,1-2H3,(H2,21,26)(H,22,27). The lowest BCUT2D eigenvalue weighted by molar-refractivity contribution is -0.120. The molecule has 2 amide bonds. The van der Waals surface area contributed by atoms with Crippen LogP contribution in [0.2, 0.25) is 0 Å². The number of nitrogens with two attached hydrogens (primary N) is 1. The molecular weight excluding hydrogens is 390 g/mol. The van der Waals surface area contributed by atoms with Crippen LogP contribution in [0.3, 0.4) is 0 Å². The van der Waals surface area contributed by atoms with Gasteiger partial charge < -0.3 is 15.5 Å². The second kappa shape index (κ2) is 9.96. The van der Waals surface area contributed by atoms with Gasteiger partial charge >= 0.3 is 0 Å². The molecule has 0 radical (unpaired) electrons. The zero-order valence-electron chi connectivity index (χ0n) is 17.0. The Bertz CT molecular complexity index is 820. The van der Waals surface area contributed by atoms with Gasteiger partial charge in [0, 0.05) is 18.9 Å². The molecule has 1 aliphatic rings. The van der Waals surface area contributed by atoms with Gasteiger partial charge in [-0.3, -0.25) is 14.2 Å². The van der Waals surface area contributed by atoms with Crippen LogP contribution >= 0.6 is 11.8 Å². The van der Waals surface area contributed by atoms with Crippen molar-refractivity contribution >= 4 is 23.6 Å². The third-order valence-corrected chi connectivity index (χ3v) is 6.63. The Morgan fingerprint density at radius 1 is 1.34 bits per heavy atom. The maximum absolute atomic E-state index is 12.5. The highest BCUT2D eigenvalue weighted by Crippen LogP contribution is 2.29. The molecule has 0 bridgehead atoms. The smallest absolute Gasteiger partial charge is 0.230 e. The Hall–Kier alpha value is -2.29. The van der Waals surface area contributed by atoms with Gasteiger partial charge in [0.15, 0.2) is 5.16 Å². The molecule has 0 aromatic carbocycles. The average molecular weight is 420 g/mol. The summed E-state index contributed by atoms with van der Waals surface area (Å²) in [6, 6.07) is 3.92. The minimum Gasteiger partial charge on any atom is -0.467 e. The van der Waals surface area contributed by atoms with Gasteiger partial charge in [-0.1, -0.05) is 38.5 Å². The zero-order valence-corrected chi connectivity index (χ0v) is 17.8. The highest BCUT2D eigenvalue weighted by molar-refractivity contribution is 7.99. The van der Waals surface area contributed by atoms with Gasteiger partial charge in [-0.2, -0.15) is 0 Å². The number of carbonyl (C=O) groups is 2. The summed E-state index contributed by atoms with van der Waals surface area (Å²) in [5, 5.41) is 12.2. The van der Waals surface area contributed by atoms with E-state index in [0.717, 1.165) is 18.6 Å². The summed E-state index contributed by atoms with van der Waals surface area (Å²) in [5.74, 6) is 2.41. The topological polar surface area (TPSA) is 116 Å². The van der Waals surface area contributed by atoms with E-state index in [1.807, 2.05) is 16.7 Å². The average Bonchev–Trinajstić information content (AvgIpc) is 3.33. The van der Waals surface area contributed by atoms with E-state index in [4.69, 9.17) is 10.2 Å². The molecule has 3 rings (SSSR count). The summed E-state index contributed by atoms with van der Waals surface area (Å²) in [4.78, 5) is 23.7. The number of rotatable bonds is 9. The van der Waals surface area contributed by atoms with Gasteiger partial charge in [0.2, 0.25) is 11.8 Å². The molecule has 1 fully saturated rings. The maximum atomic E-state index is 12.5. The van der Waals surface area contributed by atoms with Crippen molar-refractivity contribution in [2.75, 3.05) is 5.75 Å². The number of hydrogen-bond acceptors (Lipinski definition) is 6. The van der Waals surface area contributed by atoms with Gasteiger partial charge in [-0.05, 0) is 30.4 Å². The highest BCUT2D eigenvalue weighted by atomic mass is 32.2. The number of thioether (sulfide) groups is 1. The van der Waals surface area contributed by atoms with Crippen LogP contribution in [0.4, 0.5) is 0 Å². The van der Waals surface area contributed by atoms with Gasteiger partial charge in [0.25, 0.3) is 0 Å². The Balaban J connectivity index is 1.63. The lowest BCUT2D eigenvalue weighted by Gasteiger charge is -2.34. The second-order valence-electron chi connectivity index (χ2n) is 7.76. The van der Waals surface area contributed by atoms with E-state index in [-0.39, 0.29) is 30.0 Å². The number of hydrogen-bond donors (Lipinski definition) is 2. The summed E-state index contributed by atoms with van der Waals surface area (Å²) in [6.45, 7) is 4.91. The van der Waals surface area contributed by atoms with Crippen LogP contribution in [-0.2, 0) is 22.6 Å². The van der Waals surface area contributed by atoms with Gasteiger partial charge in [0.1, 0.15) is 11.6 Å². The quantitative estimate of drug-likeness (QED) is 0.603. The molecule has 0 saturated heterocycles. The fraction of sp³-hybridized carbons (Fsp3) is 0.600. The number of amides is 2. The first-order chi connectivity index (χ1) is 13.9. The molecule has 8 nitrogen and oxygen atoms in total. The number of aromatic nitrogens is 3. The molecule has 1 saturated carbocycles. The summed E-state index contributed by atoms with van der Waals surface area (Å²) in [7, 11) is 0. The fourth-order valence-electron chi connectivity index (χ4n) is 3.73. The van der Waals surface area contributed by atoms with Crippen LogP contribution in [0.15, 0.2) is 28.0 Å². The monoisotopic (exact) mass is 419 g/mol. The van der Waals surface area contributed by atoms with E-state index in [9.17, 15) is 9.59 Å². The second-order valence-corrected chi connectivity index (χ2v) is 8.70. The minimum atomic E-state index is -0.387. The minimum absolute atomic E-state index is 0.00665. The molecule has 2 aromatic heterocycles. The predicted octanol–water partition coefficient (Wildman–Crippen LogP) is 2.37. The molecule has 3 N–H and O–H groups in total. The molecule has 2 heterocycles. The van der Waals surface area contributed by atoms with E-state index in [1.165, 1.54) is 18.2 Å². The number of carbonyl (C=O) groups excluding carboxylic acids is 2. The highest BCUT2D eigenvalue weighted by Gasteiger charge is 2.28. The Morgan fingerprint density at radius 2 is 2.17 bits per heavy atom. The van der Waals surface area contributed by atoms with Crippen LogP contribution < -0.4 is 11.1 Å². The summed E-state index contributed by atoms with van der Waals surface area (Å²) >= 11 is 1.34. The van der Waals surface area contributed by atoms with Crippen molar-refractivity contribution < 1.29 is 14.0 Å². The molecule has 3 atom stereocenters. The van der Waals surface area contributed by atoms with Crippen molar-refractivity contribution in [3.8, 4) is 0 Å². The maximum Gasteiger partial charge on any atom is 0.230 e. The first-order valence-electron chi connectivity index (χ1n) is 10.1. The molecule has 0 aliphatic heterocycles. The molecule has 29 heavy (non-hydrogen) atoms. The van der Waals surface area contributed by atoms with E-state index in [2.05, 4.69) is 29.4 Å². The SMILES string of the molecule is CC1CCCC(NC(=O)CSc2nnc(CCC(N)=O)n2Cc2ccco2)C1C. The van der Waals surface area contributed by atoms with Gasteiger partial charge in [-0.25, -0.2) is 0 Å². The van der Waals surface area contributed by atoms with Crippen molar-refractivity contribution in [1.82, 2.24) is 20.1 Å². The summed E-state index contributed by atoms with van der Waals surface area (Å²) in [5.41, 5.74) is 5.27. The lowest BCUT2D eigenvalue weighted by atomic mass is 9.78. The van der Waals surface area contributed by atoms with E-state index in [0.29, 0.717) is 35.8 Å². The zero-order chi connectivity index (χ0) is 20.8. The normalized spacial score (nSPS) is 21.8. The fourth-order valence-corrected chi connectivity index (χ4v) is 4.49. The largest absolute Gasteiger partial charge is 0.467 e. The van der Waals surface area contributed by atoms with Crippen LogP contribution in [0.5, 0.6) is 0 Å². The number of primary amides is 1. The number of nitrogens with zero attached hydrogens (tertiary/aromatic N) is 3. The van der Waals surface area contributed by atoms with Crippen molar-refractivity contribution in [3.05, 3.63) is 30.0 Å². The van der Waals surface area contributed by atoms with Crippen LogP contribution in [0, 0.1) is 11.8 Å². The first kappa shape index (κ1) is 21.4. The van der Waals surface area contributed by atoms with E-state index >= 15 is 0 Å². The Labute approximate surface area is 175 Å². The third-order valence-electron chi connectivity index (χ3n) is 5.67. The Morgan fingerprint density at radius 3 is 2.90 bits per heavy atom. The molecule has 3 unspecified atom stereocenters. The number of aryl methyl sites for hydroxylation is 1. The summed E-state index contributed by atoms with van der Waals surface area (Å²) < 4.78 is 7.31. The van der Waals surface area contributed by atoms with Gasteiger partial charge in [0.05, 0.1) is 18.6 Å². The van der Waals surface area contributed by atoms with Crippen molar-refractivity contribution in [3.63, 3.8) is 0 Å². The molecule has 158 valence electrons. The lowest BCUT2D eigenvalue weighted by Crippen LogP contribution is -2.44. The van der Waals surface area contributed by atoms with Crippen molar-refractivity contribution in [2.45, 2.75) is 63.7 Å². The third kappa shape index (κ3) is 5.85. The van der Waals surface area contributed by atoms with Gasteiger partial charge in [-0.15, -0.1) is 10.2 Å². The summed E-state index contributed by atoms with van der Waals surface area (Å²) in [6.07, 6.45) is 5.62. The number of furan rings is 1. The molecular formula is C20H29N5O3S. The molecule has 0 spiro atoms. The van der Waals surface area contributed by atoms with Crippen LogP contribution in [0.25, 0.3) is 0 Å². The predicted molar refractivity (Wildman–Crippen MR) is 110 cm³/mol. The van der Waals surface area contributed by atoms with Crippen LogP contribution in [-0.4, -0.2) is 38.4 Å². The first-order valence-corrected chi connectivity index (χ1v) is 11.1.